The molecule has 0 aliphatic heterocycles. The summed E-state index contributed by atoms with van der Waals surface area (Å²) in [5, 5.41) is 9.24. The summed E-state index contributed by atoms with van der Waals surface area (Å²) >= 11 is 1.32. The Hall–Kier alpha value is -3.24. The zero-order valence-electron chi connectivity index (χ0n) is 17.2. The Morgan fingerprint density at radius 1 is 1.19 bits per heavy atom. The number of nitriles is 1. The number of aromatic amines is 1. The number of thioether (sulfide) groups is 1. The van der Waals surface area contributed by atoms with Crippen molar-refractivity contribution in [3.05, 3.63) is 98.5 Å². The van der Waals surface area contributed by atoms with Crippen molar-refractivity contribution in [1.29, 1.82) is 5.26 Å². The molecule has 0 spiro atoms. The molecule has 1 atom stereocenters. The summed E-state index contributed by atoms with van der Waals surface area (Å²) in [4.78, 5) is 19.9. The fraction of sp³-hybridized carbons (Fsp3) is 0.208. The second-order valence-corrected chi connectivity index (χ2v) is 7.90. The molecule has 1 aromatic heterocycles. The summed E-state index contributed by atoms with van der Waals surface area (Å²) in [6, 6.07) is 13.0. The highest BCUT2D eigenvalue weighted by Gasteiger charge is 2.23. The van der Waals surface area contributed by atoms with Crippen LogP contribution in [0.15, 0.2) is 58.5 Å². The number of halogens is 2. The molecule has 0 aliphatic carbocycles. The predicted octanol–water partition coefficient (Wildman–Crippen LogP) is 5.44. The van der Waals surface area contributed by atoms with E-state index in [-0.39, 0.29) is 11.1 Å². The molecule has 0 saturated carbocycles. The van der Waals surface area contributed by atoms with Crippen molar-refractivity contribution in [2.45, 2.75) is 31.3 Å². The minimum Gasteiger partial charge on any atom is -0.301 e. The maximum absolute atomic E-state index is 14.3. The maximum atomic E-state index is 14.3. The lowest BCUT2D eigenvalue weighted by Gasteiger charge is -2.17. The van der Waals surface area contributed by atoms with Gasteiger partial charge in [0.15, 0.2) is 5.16 Å². The van der Waals surface area contributed by atoms with E-state index in [0.29, 0.717) is 34.2 Å². The van der Waals surface area contributed by atoms with Crippen LogP contribution >= 0.6 is 11.8 Å². The van der Waals surface area contributed by atoms with E-state index in [0.717, 1.165) is 5.56 Å². The molecule has 1 N–H and O–H groups in total. The van der Waals surface area contributed by atoms with Crippen molar-refractivity contribution in [2.24, 2.45) is 0 Å². The lowest BCUT2D eigenvalue weighted by Crippen LogP contribution is -2.20. The molecule has 0 amide bonds. The van der Waals surface area contributed by atoms with E-state index >= 15 is 0 Å². The van der Waals surface area contributed by atoms with E-state index in [4.69, 9.17) is 5.26 Å². The zero-order chi connectivity index (χ0) is 22.4. The molecule has 7 heteroatoms. The molecule has 0 aliphatic rings. The second-order valence-electron chi connectivity index (χ2n) is 6.89. The van der Waals surface area contributed by atoms with Crippen LogP contribution in [-0.4, -0.2) is 15.7 Å². The number of nitrogens with zero attached hydrogens (tertiary/aromatic N) is 2. The lowest BCUT2D eigenvalue weighted by molar-refractivity contribution is 0.542. The van der Waals surface area contributed by atoms with Crippen LogP contribution in [-0.2, 0) is 6.42 Å². The molecular weight excluding hydrogens is 416 g/mol. The van der Waals surface area contributed by atoms with Crippen LogP contribution in [0, 0.1) is 23.0 Å². The molecule has 0 saturated heterocycles. The van der Waals surface area contributed by atoms with Gasteiger partial charge in [-0.3, -0.25) is 4.79 Å². The summed E-state index contributed by atoms with van der Waals surface area (Å²) in [6.07, 6.45) is 4.23. The van der Waals surface area contributed by atoms with E-state index in [1.54, 1.807) is 19.1 Å². The molecule has 4 nitrogen and oxygen atoms in total. The number of hydrogen-bond acceptors (Lipinski definition) is 4. The number of nitrogens with one attached hydrogen (secondary N) is 1. The second kappa shape index (κ2) is 10.2. The SMILES string of the molecule is CCc1c(C(C)c2c(F)cccc2F)nc(SC/C=C/c2ccc(C#N)cc2)[nH]c1=O. The van der Waals surface area contributed by atoms with Gasteiger partial charge < -0.3 is 4.98 Å². The van der Waals surface area contributed by atoms with Crippen molar-refractivity contribution < 1.29 is 8.78 Å². The molecule has 158 valence electrons. The van der Waals surface area contributed by atoms with E-state index in [2.05, 4.69) is 16.0 Å². The van der Waals surface area contributed by atoms with Gasteiger partial charge in [0.1, 0.15) is 11.6 Å². The minimum absolute atomic E-state index is 0.0908. The van der Waals surface area contributed by atoms with Crippen LogP contribution in [0.5, 0.6) is 0 Å². The zero-order valence-corrected chi connectivity index (χ0v) is 18.0. The standard InChI is InChI=1S/C24H21F2N3OS/c1-3-18-22(15(2)21-19(25)7-4-8-20(21)26)28-24(29-23(18)30)31-13-5-6-16-9-11-17(14-27)12-10-16/h4-12,15H,3,13H2,1-2H3,(H,28,29,30)/b6-5+. The third-order valence-corrected chi connectivity index (χ3v) is 5.71. The largest absolute Gasteiger partial charge is 0.301 e. The summed E-state index contributed by atoms with van der Waals surface area (Å²) in [5.41, 5.74) is 1.96. The van der Waals surface area contributed by atoms with Gasteiger partial charge in [-0.25, -0.2) is 13.8 Å². The molecule has 3 rings (SSSR count). The summed E-state index contributed by atoms with van der Waals surface area (Å²) in [7, 11) is 0. The molecule has 0 radical (unpaired) electrons. The van der Waals surface area contributed by atoms with Crippen molar-refractivity contribution in [3.8, 4) is 6.07 Å². The summed E-state index contributed by atoms with van der Waals surface area (Å²) in [5.74, 6) is -1.48. The first-order valence-electron chi connectivity index (χ1n) is 9.81. The smallest absolute Gasteiger partial charge is 0.254 e. The highest BCUT2D eigenvalue weighted by Crippen LogP contribution is 2.29. The van der Waals surface area contributed by atoms with Crippen molar-refractivity contribution in [2.75, 3.05) is 5.75 Å². The van der Waals surface area contributed by atoms with Gasteiger partial charge in [0.05, 0.1) is 17.3 Å². The molecular formula is C24H21F2N3OS. The first kappa shape index (κ1) is 22.4. The Morgan fingerprint density at radius 2 is 1.87 bits per heavy atom. The Labute approximate surface area is 183 Å². The Balaban J connectivity index is 1.82. The molecule has 0 fully saturated rings. The Kier molecular flexibility index (Phi) is 7.37. The third kappa shape index (κ3) is 5.28. The normalized spacial score (nSPS) is 12.1. The fourth-order valence-electron chi connectivity index (χ4n) is 3.30. The van der Waals surface area contributed by atoms with Crippen LogP contribution in [0.1, 0.15) is 47.7 Å². The number of H-pyrrole nitrogens is 1. The van der Waals surface area contributed by atoms with Crippen molar-refractivity contribution >= 4 is 17.8 Å². The van der Waals surface area contributed by atoms with Gasteiger partial charge in [-0.15, -0.1) is 0 Å². The Bertz CT molecular complexity index is 1180. The quantitative estimate of drug-likeness (QED) is 0.395. The molecule has 0 bridgehead atoms. The van der Waals surface area contributed by atoms with Gasteiger partial charge in [-0.2, -0.15) is 5.26 Å². The maximum Gasteiger partial charge on any atom is 0.254 e. The van der Waals surface area contributed by atoms with Crippen LogP contribution in [0.3, 0.4) is 0 Å². The van der Waals surface area contributed by atoms with Crippen LogP contribution in [0.2, 0.25) is 0 Å². The minimum atomic E-state index is -0.702. The molecule has 31 heavy (non-hydrogen) atoms. The number of benzene rings is 2. The molecule has 2 aromatic carbocycles. The Morgan fingerprint density at radius 3 is 2.48 bits per heavy atom. The van der Waals surface area contributed by atoms with Gasteiger partial charge in [-0.1, -0.05) is 56.0 Å². The van der Waals surface area contributed by atoms with Gasteiger partial charge in [-0.05, 0) is 36.2 Å². The van der Waals surface area contributed by atoms with E-state index in [1.807, 2.05) is 31.2 Å². The van der Waals surface area contributed by atoms with E-state index in [1.165, 1.54) is 30.0 Å². The van der Waals surface area contributed by atoms with E-state index < -0.39 is 17.6 Å². The number of rotatable bonds is 7. The van der Waals surface area contributed by atoms with Crippen LogP contribution in [0.25, 0.3) is 6.08 Å². The number of aromatic nitrogens is 2. The molecule has 1 heterocycles. The van der Waals surface area contributed by atoms with Crippen molar-refractivity contribution in [1.82, 2.24) is 9.97 Å². The van der Waals surface area contributed by atoms with Crippen LogP contribution < -0.4 is 5.56 Å². The highest BCUT2D eigenvalue weighted by atomic mass is 32.2. The fourth-order valence-corrected chi connectivity index (χ4v) is 3.98. The van der Waals surface area contributed by atoms with Crippen molar-refractivity contribution in [3.63, 3.8) is 0 Å². The highest BCUT2D eigenvalue weighted by molar-refractivity contribution is 7.99. The monoisotopic (exact) mass is 437 g/mol. The van der Waals surface area contributed by atoms with Gasteiger partial charge >= 0.3 is 0 Å². The average molecular weight is 438 g/mol. The first-order chi connectivity index (χ1) is 14.9. The molecule has 1 unspecified atom stereocenters. The molecule has 3 aromatic rings. The first-order valence-corrected chi connectivity index (χ1v) is 10.8. The predicted molar refractivity (Wildman–Crippen MR) is 119 cm³/mol. The van der Waals surface area contributed by atoms with Gasteiger partial charge in [0.25, 0.3) is 5.56 Å². The summed E-state index contributed by atoms with van der Waals surface area (Å²) in [6.45, 7) is 3.47. The number of hydrogen-bond donors (Lipinski definition) is 1. The van der Waals surface area contributed by atoms with E-state index in [9.17, 15) is 13.6 Å². The van der Waals surface area contributed by atoms with Gasteiger partial charge in [0.2, 0.25) is 0 Å². The lowest BCUT2D eigenvalue weighted by atomic mass is 9.93. The topological polar surface area (TPSA) is 69.5 Å². The summed E-state index contributed by atoms with van der Waals surface area (Å²) < 4.78 is 28.6. The van der Waals surface area contributed by atoms with Gasteiger partial charge in [0, 0.05) is 22.8 Å². The average Bonchev–Trinajstić information content (AvgIpc) is 2.76. The third-order valence-electron chi connectivity index (χ3n) is 4.89. The van der Waals surface area contributed by atoms with Crippen LogP contribution in [0.4, 0.5) is 8.78 Å².